The summed E-state index contributed by atoms with van der Waals surface area (Å²) in [6.07, 6.45) is 0. The summed E-state index contributed by atoms with van der Waals surface area (Å²) in [7, 11) is 2.09. The van der Waals surface area contributed by atoms with Crippen molar-refractivity contribution in [3.8, 4) is 11.3 Å². The summed E-state index contributed by atoms with van der Waals surface area (Å²) in [5.74, 6) is -0.109. The summed E-state index contributed by atoms with van der Waals surface area (Å²) >= 11 is 0. The number of amides is 2. The number of carbonyl (C=O) groups excluding carboxylic acids is 2. The van der Waals surface area contributed by atoms with E-state index in [9.17, 15) is 9.59 Å². The third kappa shape index (κ3) is 5.52. The first kappa shape index (κ1) is 30.8. The molecule has 5 aromatic carbocycles. The van der Waals surface area contributed by atoms with Gasteiger partial charge in [0.1, 0.15) is 6.54 Å². The van der Waals surface area contributed by atoms with Crippen LogP contribution in [0.25, 0.3) is 22.2 Å². The van der Waals surface area contributed by atoms with E-state index in [-0.39, 0.29) is 24.4 Å². The molecule has 244 valence electrons. The average molecular weight is 645 g/mol. The number of aromatic nitrogens is 1. The molecule has 2 aliphatic rings. The lowest BCUT2D eigenvalue weighted by atomic mass is 9.93. The van der Waals surface area contributed by atoms with Crippen molar-refractivity contribution in [2.24, 2.45) is 7.05 Å². The fraction of sp³-hybridized carbons (Fsp3) is 0.209. The minimum absolute atomic E-state index is 0.0149. The molecule has 1 atom stereocenters. The second kappa shape index (κ2) is 12.9. The first-order chi connectivity index (χ1) is 24.0. The Kier molecular flexibility index (Phi) is 8.10. The number of fused-ring (bicyclic) bond motifs is 2. The van der Waals surface area contributed by atoms with Gasteiger partial charge in [-0.1, -0.05) is 127 Å². The molecule has 49 heavy (non-hydrogen) atoms. The fourth-order valence-corrected chi connectivity index (χ4v) is 7.96. The number of para-hydroxylation sites is 1. The number of hydrogen-bond donors (Lipinski definition) is 0. The summed E-state index contributed by atoms with van der Waals surface area (Å²) in [5.41, 5.74) is 9.61. The third-order valence-electron chi connectivity index (χ3n) is 10.4. The number of carbonyl (C=O) groups is 2. The van der Waals surface area contributed by atoms with Crippen LogP contribution in [0.3, 0.4) is 0 Å². The zero-order chi connectivity index (χ0) is 33.5. The first-order valence-corrected chi connectivity index (χ1v) is 17.2. The molecule has 0 spiro atoms. The molecule has 1 aromatic heterocycles. The van der Waals surface area contributed by atoms with Crippen molar-refractivity contribution >= 4 is 22.7 Å². The third-order valence-corrected chi connectivity index (χ3v) is 10.4. The van der Waals surface area contributed by atoms with Gasteiger partial charge in [-0.05, 0) is 41.3 Å². The van der Waals surface area contributed by atoms with E-state index in [1.54, 1.807) is 0 Å². The Morgan fingerprint density at radius 3 is 1.98 bits per heavy atom. The number of nitrogens with zero attached hydrogens (tertiary/aromatic N) is 4. The van der Waals surface area contributed by atoms with E-state index in [4.69, 9.17) is 0 Å². The highest BCUT2D eigenvalue weighted by Gasteiger charge is 2.42. The summed E-state index contributed by atoms with van der Waals surface area (Å²) in [4.78, 5) is 34.7. The molecule has 8 rings (SSSR count). The van der Waals surface area contributed by atoms with E-state index in [0.717, 1.165) is 46.4 Å². The summed E-state index contributed by atoms with van der Waals surface area (Å²) in [5, 5.41) is 1.09. The minimum Gasteiger partial charge on any atom is -0.343 e. The van der Waals surface area contributed by atoms with Crippen LogP contribution in [0.5, 0.6) is 0 Å². The maximum Gasteiger partial charge on any atom is 0.255 e. The summed E-state index contributed by atoms with van der Waals surface area (Å²) in [6.45, 7) is 4.83. The second-order valence-electron chi connectivity index (χ2n) is 13.3. The molecule has 1 saturated heterocycles. The SMILES string of the molecule is Cc1ccc(-c2c(C3c4ccccc4C(=O)N3CC(=O)N3CCN(C(c4ccccc4)c4ccccc4)CC3)c3ccccc3n2C)cc1. The molecule has 6 aromatic rings. The van der Waals surface area contributed by atoms with E-state index in [1.807, 2.05) is 28.0 Å². The molecule has 0 bridgehead atoms. The first-order valence-electron chi connectivity index (χ1n) is 17.2. The topological polar surface area (TPSA) is 48.8 Å². The number of aryl methyl sites for hydroxylation is 2. The van der Waals surface area contributed by atoms with Crippen LogP contribution in [0.4, 0.5) is 0 Å². The van der Waals surface area contributed by atoms with Crippen molar-refractivity contribution in [3.05, 3.63) is 167 Å². The number of hydrogen-bond acceptors (Lipinski definition) is 3. The number of piperazine rings is 1. The smallest absolute Gasteiger partial charge is 0.255 e. The monoisotopic (exact) mass is 644 g/mol. The molecular formula is C43H40N4O2. The molecule has 2 amide bonds. The predicted octanol–water partition coefficient (Wildman–Crippen LogP) is 7.63. The quantitative estimate of drug-likeness (QED) is 0.180. The van der Waals surface area contributed by atoms with Crippen molar-refractivity contribution in [1.82, 2.24) is 19.3 Å². The van der Waals surface area contributed by atoms with Crippen molar-refractivity contribution in [2.45, 2.75) is 19.0 Å². The van der Waals surface area contributed by atoms with Gasteiger partial charge in [-0.3, -0.25) is 14.5 Å². The molecule has 1 fully saturated rings. The van der Waals surface area contributed by atoms with E-state index in [0.29, 0.717) is 18.7 Å². The van der Waals surface area contributed by atoms with Crippen LogP contribution >= 0.6 is 0 Å². The zero-order valence-corrected chi connectivity index (χ0v) is 28.0. The Morgan fingerprint density at radius 1 is 0.714 bits per heavy atom. The van der Waals surface area contributed by atoms with Crippen molar-refractivity contribution in [3.63, 3.8) is 0 Å². The van der Waals surface area contributed by atoms with Crippen LogP contribution in [0.2, 0.25) is 0 Å². The van der Waals surface area contributed by atoms with Gasteiger partial charge >= 0.3 is 0 Å². The molecule has 0 aliphatic carbocycles. The van der Waals surface area contributed by atoms with E-state index in [1.165, 1.54) is 16.7 Å². The van der Waals surface area contributed by atoms with Gasteiger partial charge < -0.3 is 14.4 Å². The predicted molar refractivity (Wildman–Crippen MR) is 195 cm³/mol. The Labute approximate surface area is 287 Å². The largest absolute Gasteiger partial charge is 0.343 e. The van der Waals surface area contributed by atoms with Crippen LogP contribution in [-0.4, -0.2) is 63.8 Å². The van der Waals surface area contributed by atoms with Gasteiger partial charge in [0.2, 0.25) is 5.91 Å². The van der Waals surface area contributed by atoms with Crippen LogP contribution in [0, 0.1) is 6.92 Å². The van der Waals surface area contributed by atoms with Gasteiger partial charge in [0, 0.05) is 55.3 Å². The van der Waals surface area contributed by atoms with Gasteiger partial charge in [-0.2, -0.15) is 0 Å². The maximum absolute atomic E-state index is 14.2. The number of rotatable bonds is 7. The minimum atomic E-state index is -0.392. The van der Waals surface area contributed by atoms with Crippen LogP contribution in [-0.2, 0) is 11.8 Å². The van der Waals surface area contributed by atoms with Crippen molar-refractivity contribution in [1.29, 1.82) is 0 Å². The molecule has 2 aliphatic heterocycles. The normalized spacial score (nSPS) is 16.5. The standard InChI is InChI=1S/C43H40N4O2/c1-30-21-23-33(24-22-30)41-39(36-19-11-12-20-37(36)44(41)2)42-34-17-9-10-18-35(34)43(49)47(42)29-38(48)45-25-27-46(28-26-45)40(31-13-5-3-6-14-31)32-15-7-4-8-16-32/h3-24,40,42H,25-29H2,1-2H3. The molecule has 0 N–H and O–H groups in total. The molecule has 0 saturated carbocycles. The zero-order valence-electron chi connectivity index (χ0n) is 28.0. The Hall–Kier alpha value is -5.46. The van der Waals surface area contributed by atoms with E-state index < -0.39 is 6.04 Å². The van der Waals surface area contributed by atoms with Gasteiger partial charge in [-0.15, -0.1) is 0 Å². The lowest BCUT2D eigenvalue weighted by Gasteiger charge is -2.40. The highest BCUT2D eigenvalue weighted by atomic mass is 16.2. The lowest BCUT2D eigenvalue weighted by molar-refractivity contribution is -0.134. The Morgan fingerprint density at radius 2 is 1.31 bits per heavy atom. The average Bonchev–Trinajstić information content (AvgIpc) is 3.59. The second-order valence-corrected chi connectivity index (χ2v) is 13.3. The molecular weight excluding hydrogens is 604 g/mol. The van der Waals surface area contributed by atoms with Gasteiger partial charge in [0.05, 0.1) is 17.8 Å². The van der Waals surface area contributed by atoms with Crippen molar-refractivity contribution in [2.75, 3.05) is 32.7 Å². The summed E-state index contributed by atoms with van der Waals surface area (Å²) in [6, 6.07) is 45.7. The molecule has 6 heteroatoms. The van der Waals surface area contributed by atoms with Crippen LogP contribution in [0.1, 0.15) is 50.3 Å². The van der Waals surface area contributed by atoms with Crippen LogP contribution in [0.15, 0.2) is 133 Å². The molecule has 1 unspecified atom stereocenters. The highest BCUT2D eigenvalue weighted by Crippen LogP contribution is 2.46. The van der Waals surface area contributed by atoms with E-state index in [2.05, 4.69) is 139 Å². The number of benzene rings is 5. The molecule has 6 nitrogen and oxygen atoms in total. The van der Waals surface area contributed by atoms with Crippen molar-refractivity contribution < 1.29 is 9.59 Å². The molecule has 0 radical (unpaired) electrons. The van der Waals surface area contributed by atoms with Gasteiger partial charge in [0.25, 0.3) is 5.91 Å². The van der Waals surface area contributed by atoms with Crippen LogP contribution < -0.4 is 0 Å². The Bertz CT molecular complexity index is 2090. The maximum atomic E-state index is 14.2. The lowest BCUT2D eigenvalue weighted by Crippen LogP contribution is -2.52. The van der Waals surface area contributed by atoms with Gasteiger partial charge in [-0.25, -0.2) is 0 Å². The highest BCUT2D eigenvalue weighted by molar-refractivity contribution is 6.03. The summed E-state index contributed by atoms with van der Waals surface area (Å²) < 4.78 is 2.23. The fourth-order valence-electron chi connectivity index (χ4n) is 7.96. The van der Waals surface area contributed by atoms with E-state index >= 15 is 0 Å². The van der Waals surface area contributed by atoms with Gasteiger partial charge in [0.15, 0.2) is 0 Å². The Balaban J connectivity index is 1.11. The molecule has 3 heterocycles.